The van der Waals surface area contributed by atoms with Gasteiger partial charge in [-0.1, -0.05) is 34.1 Å². The second-order valence-corrected chi connectivity index (χ2v) is 4.05. The van der Waals surface area contributed by atoms with Crippen LogP contribution in [0.1, 0.15) is 0 Å². The van der Waals surface area contributed by atoms with Crippen molar-refractivity contribution in [1.29, 1.82) is 0 Å². The minimum Gasteiger partial charge on any atom is -0.207 e. The normalized spacial score (nSPS) is 10.3. The Morgan fingerprint density at radius 2 is 1.53 bits per heavy atom. The summed E-state index contributed by atoms with van der Waals surface area (Å²) in [5.74, 6) is -0.646. The molecule has 0 fully saturated rings. The summed E-state index contributed by atoms with van der Waals surface area (Å²) in [7, 11) is 0. The van der Waals surface area contributed by atoms with E-state index in [1.165, 1.54) is 18.2 Å². The van der Waals surface area contributed by atoms with E-state index in [4.69, 9.17) is 0 Å². The van der Waals surface area contributed by atoms with Crippen LogP contribution in [-0.4, -0.2) is 0 Å². The van der Waals surface area contributed by atoms with Crippen molar-refractivity contribution in [2.45, 2.75) is 0 Å². The van der Waals surface area contributed by atoms with E-state index < -0.39 is 0 Å². The van der Waals surface area contributed by atoms with Crippen LogP contribution in [0.15, 0.2) is 46.9 Å². The summed E-state index contributed by atoms with van der Waals surface area (Å²) >= 11 is 3.18. The van der Waals surface area contributed by atoms with Gasteiger partial charge in [0.1, 0.15) is 11.6 Å². The van der Waals surface area contributed by atoms with E-state index in [1.54, 1.807) is 24.3 Å². The van der Waals surface area contributed by atoms with Gasteiger partial charge in [-0.05, 0) is 29.8 Å². The van der Waals surface area contributed by atoms with Crippen LogP contribution in [0.3, 0.4) is 0 Å². The maximum Gasteiger partial charge on any atom is 0.132 e. The SMILES string of the molecule is Fc1ccc(-c2ccc(Br)cc2F)cc1. The van der Waals surface area contributed by atoms with Gasteiger partial charge in [0, 0.05) is 10.0 Å². The molecule has 0 amide bonds. The maximum absolute atomic E-state index is 13.5. The molecule has 0 nitrogen and oxygen atoms in total. The van der Waals surface area contributed by atoms with Gasteiger partial charge >= 0.3 is 0 Å². The van der Waals surface area contributed by atoms with Crippen molar-refractivity contribution < 1.29 is 8.78 Å². The van der Waals surface area contributed by atoms with Crippen LogP contribution in [0.5, 0.6) is 0 Å². The van der Waals surface area contributed by atoms with E-state index in [2.05, 4.69) is 15.9 Å². The molecule has 0 aromatic heterocycles. The van der Waals surface area contributed by atoms with Crippen LogP contribution in [0.4, 0.5) is 8.78 Å². The van der Waals surface area contributed by atoms with Gasteiger partial charge < -0.3 is 0 Å². The van der Waals surface area contributed by atoms with Gasteiger partial charge in [0.25, 0.3) is 0 Å². The Labute approximate surface area is 94.7 Å². The molecule has 2 aromatic carbocycles. The molecule has 0 aliphatic heterocycles. The highest BCUT2D eigenvalue weighted by atomic mass is 79.9. The second-order valence-electron chi connectivity index (χ2n) is 3.13. The largest absolute Gasteiger partial charge is 0.207 e. The lowest BCUT2D eigenvalue weighted by Gasteiger charge is -2.03. The van der Waals surface area contributed by atoms with Gasteiger partial charge in [0.2, 0.25) is 0 Å². The fourth-order valence-electron chi connectivity index (χ4n) is 1.35. The Hall–Kier alpha value is -1.22. The van der Waals surface area contributed by atoms with Crippen LogP contribution in [0.2, 0.25) is 0 Å². The van der Waals surface area contributed by atoms with Crippen molar-refractivity contribution in [1.82, 2.24) is 0 Å². The Kier molecular flexibility index (Phi) is 2.82. The molecule has 76 valence electrons. The highest BCUT2D eigenvalue weighted by molar-refractivity contribution is 9.10. The number of hydrogen-bond donors (Lipinski definition) is 0. The molecule has 0 aliphatic carbocycles. The van der Waals surface area contributed by atoms with Crippen LogP contribution in [-0.2, 0) is 0 Å². The molecule has 3 heteroatoms. The van der Waals surface area contributed by atoms with E-state index in [-0.39, 0.29) is 11.6 Å². The van der Waals surface area contributed by atoms with Crippen LogP contribution in [0, 0.1) is 11.6 Å². The molecule has 0 heterocycles. The lowest BCUT2D eigenvalue weighted by molar-refractivity contribution is 0.625. The molecule has 0 spiro atoms. The Balaban J connectivity index is 2.49. The summed E-state index contributed by atoms with van der Waals surface area (Å²) < 4.78 is 26.9. The topological polar surface area (TPSA) is 0 Å². The van der Waals surface area contributed by atoms with Crippen molar-refractivity contribution in [3.8, 4) is 11.1 Å². The lowest BCUT2D eigenvalue weighted by Crippen LogP contribution is -1.84. The lowest BCUT2D eigenvalue weighted by atomic mass is 10.1. The highest BCUT2D eigenvalue weighted by Crippen LogP contribution is 2.25. The van der Waals surface area contributed by atoms with Crippen LogP contribution in [0.25, 0.3) is 11.1 Å². The molecular weight excluding hydrogens is 262 g/mol. The van der Waals surface area contributed by atoms with Crippen LogP contribution < -0.4 is 0 Å². The van der Waals surface area contributed by atoms with E-state index in [9.17, 15) is 8.78 Å². The quantitative estimate of drug-likeness (QED) is 0.720. The van der Waals surface area contributed by atoms with Gasteiger partial charge in [-0.15, -0.1) is 0 Å². The summed E-state index contributed by atoms with van der Waals surface area (Å²) in [6.07, 6.45) is 0. The van der Waals surface area contributed by atoms with E-state index in [0.717, 1.165) is 0 Å². The number of halogens is 3. The zero-order chi connectivity index (χ0) is 10.8. The van der Waals surface area contributed by atoms with Crippen molar-refractivity contribution in [3.63, 3.8) is 0 Å². The molecule has 2 aromatic rings. The van der Waals surface area contributed by atoms with E-state index >= 15 is 0 Å². The third-order valence-electron chi connectivity index (χ3n) is 2.09. The zero-order valence-corrected chi connectivity index (χ0v) is 9.26. The summed E-state index contributed by atoms with van der Waals surface area (Å²) in [5.41, 5.74) is 1.14. The van der Waals surface area contributed by atoms with E-state index in [1.807, 2.05) is 0 Å². The smallest absolute Gasteiger partial charge is 0.132 e. The molecule has 0 N–H and O–H groups in total. The molecule has 2 rings (SSSR count). The van der Waals surface area contributed by atoms with Gasteiger partial charge in [-0.3, -0.25) is 0 Å². The average molecular weight is 269 g/mol. The first kappa shape index (κ1) is 10.3. The maximum atomic E-state index is 13.5. The first-order valence-electron chi connectivity index (χ1n) is 4.38. The Bertz CT molecular complexity index is 477. The van der Waals surface area contributed by atoms with Crippen molar-refractivity contribution >= 4 is 15.9 Å². The third-order valence-corrected chi connectivity index (χ3v) is 2.58. The predicted octanol–water partition coefficient (Wildman–Crippen LogP) is 4.39. The van der Waals surface area contributed by atoms with E-state index in [0.29, 0.717) is 15.6 Å². The molecule has 0 saturated heterocycles. The molecule has 0 unspecified atom stereocenters. The summed E-state index contributed by atoms with van der Waals surface area (Å²) in [4.78, 5) is 0. The molecule has 0 atom stereocenters. The van der Waals surface area contributed by atoms with Crippen molar-refractivity contribution in [2.75, 3.05) is 0 Å². The standard InChI is InChI=1S/C12H7BrF2/c13-9-3-6-11(12(15)7-9)8-1-4-10(14)5-2-8/h1-7H. The zero-order valence-electron chi connectivity index (χ0n) is 7.68. The monoisotopic (exact) mass is 268 g/mol. The van der Waals surface area contributed by atoms with Gasteiger partial charge in [-0.25, -0.2) is 8.78 Å². The summed E-state index contributed by atoms with van der Waals surface area (Å²) in [6.45, 7) is 0. The first-order valence-corrected chi connectivity index (χ1v) is 5.17. The predicted molar refractivity (Wildman–Crippen MR) is 59.5 cm³/mol. The van der Waals surface area contributed by atoms with Gasteiger partial charge in [0.15, 0.2) is 0 Å². The average Bonchev–Trinajstić information content (AvgIpc) is 2.20. The van der Waals surface area contributed by atoms with Crippen LogP contribution >= 0.6 is 15.9 Å². The molecule has 0 aliphatic rings. The summed E-state index contributed by atoms with van der Waals surface area (Å²) in [6, 6.07) is 10.5. The number of hydrogen-bond acceptors (Lipinski definition) is 0. The molecule has 0 bridgehead atoms. The second kappa shape index (κ2) is 4.11. The number of benzene rings is 2. The van der Waals surface area contributed by atoms with Crippen molar-refractivity contribution in [2.24, 2.45) is 0 Å². The Morgan fingerprint density at radius 3 is 2.13 bits per heavy atom. The molecule has 0 radical (unpaired) electrons. The van der Waals surface area contributed by atoms with Crippen molar-refractivity contribution in [3.05, 3.63) is 58.6 Å². The molecule has 0 saturated carbocycles. The number of rotatable bonds is 1. The molecular formula is C12H7BrF2. The van der Waals surface area contributed by atoms with Gasteiger partial charge in [0.05, 0.1) is 0 Å². The fraction of sp³-hybridized carbons (Fsp3) is 0. The highest BCUT2D eigenvalue weighted by Gasteiger charge is 2.05. The minimum atomic E-state index is -0.323. The Morgan fingerprint density at radius 1 is 0.867 bits per heavy atom. The van der Waals surface area contributed by atoms with Gasteiger partial charge in [-0.2, -0.15) is 0 Å². The third kappa shape index (κ3) is 2.23. The molecule has 15 heavy (non-hydrogen) atoms. The summed E-state index contributed by atoms with van der Waals surface area (Å²) in [5, 5.41) is 0. The minimum absolute atomic E-state index is 0.323. The first-order chi connectivity index (χ1) is 7.16. The fourth-order valence-corrected chi connectivity index (χ4v) is 1.69.